The first-order valence-electron chi connectivity index (χ1n) is 6.70. The third-order valence-corrected chi connectivity index (χ3v) is 4.50. The van der Waals surface area contributed by atoms with Crippen LogP contribution in [0.15, 0.2) is 22.8 Å². The zero-order valence-corrected chi connectivity index (χ0v) is 10.6. The van der Waals surface area contributed by atoms with Gasteiger partial charge in [-0.3, -0.25) is 4.90 Å². The third-order valence-electron chi connectivity index (χ3n) is 4.50. The molecule has 1 aliphatic carbocycles. The number of rotatable bonds is 4. The van der Waals surface area contributed by atoms with E-state index in [9.17, 15) is 0 Å². The molecule has 1 unspecified atom stereocenters. The Morgan fingerprint density at radius 3 is 3.00 bits per heavy atom. The topological polar surface area (TPSA) is 28.4 Å². The Morgan fingerprint density at radius 1 is 1.47 bits per heavy atom. The molecule has 0 aromatic carbocycles. The van der Waals surface area contributed by atoms with Gasteiger partial charge in [-0.15, -0.1) is 0 Å². The molecule has 2 heterocycles. The molecule has 0 radical (unpaired) electrons. The number of nitrogens with zero attached hydrogens (tertiary/aromatic N) is 1. The Kier molecular flexibility index (Phi) is 2.97. The Balaban J connectivity index is 1.48. The highest BCUT2D eigenvalue weighted by molar-refractivity contribution is 5.05. The van der Waals surface area contributed by atoms with Gasteiger partial charge in [0.2, 0.25) is 0 Å². The molecule has 1 aromatic heterocycles. The Hall–Kier alpha value is -0.800. The van der Waals surface area contributed by atoms with Gasteiger partial charge in [-0.25, -0.2) is 0 Å². The van der Waals surface area contributed by atoms with Crippen LogP contribution >= 0.6 is 0 Å². The third kappa shape index (κ3) is 2.40. The Morgan fingerprint density at radius 2 is 2.29 bits per heavy atom. The highest BCUT2D eigenvalue weighted by atomic mass is 16.3. The van der Waals surface area contributed by atoms with Gasteiger partial charge in [0.05, 0.1) is 12.8 Å². The average Bonchev–Trinajstić information content (AvgIpc) is 2.78. The predicted octanol–water partition coefficient (Wildman–Crippen LogP) is 2.10. The quantitative estimate of drug-likeness (QED) is 0.865. The van der Waals surface area contributed by atoms with Crippen molar-refractivity contribution in [1.29, 1.82) is 0 Å². The Labute approximate surface area is 103 Å². The fourth-order valence-electron chi connectivity index (χ4n) is 3.34. The van der Waals surface area contributed by atoms with E-state index in [0.29, 0.717) is 5.41 Å². The monoisotopic (exact) mass is 234 g/mol. The molecule has 1 aromatic rings. The van der Waals surface area contributed by atoms with Gasteiger partial charge in [0, 0.05) is 6.54 Å². The molecule has 1 saturated carbocycles. The minimum absolute atomic E-state index is 0.697. The molecule has 1 atom stereocenters. The number of piperidine rings is 1. The molecule has 17 heavy (non-hydrogen) atoms. The van der Waals surface area contributed by atoms with Gasteiger partial charge in [0.15, 0.2) is 0 Å². The summed E-state index contributed by atoms with van der Waals surface area (Å²) in [5.74, 6) is 2.00. The SMILES string of the molecule is CN(Cc1ccco1)CC1CC12CCNCC2. The van der Waals surface area contributed by atoms with Crippen LogP contribution in [0, 0.1) is 11.3 Å². The first-order valence-corrected chi connectivity index (χ1v) is 6.70. The van der Waals surface area contributed by atoms with E-state index in [2.05, 4.69) is 23.3 Å². The average molecular weight is 234 g/mol. The van der Waals surface area contributed by atoms with E-state index in [1.54, 1.807) is 6.26 Å². The number of hydrogen-bond donors (Lipinski definition) is 1. The van der Waals surface area contributed by atoms with E-state index in [1.807, 2.05) is 6.07 Å². The number of nitrogens with one attached hydrogen (secondary N) is 1. The van der Waals surface area contributed by atoms with Crippen LogP contribution in [0.25, 0.3) is 0 Å². The van der Waals surface area contributed by atoms with Crippen LogP contribution in [0.1, 0.15) is 25.0 Å². The van der Waals surface area contributed by atoms with Gasteiger partial charge in [-0.05, 0) is 62.9 Å². The molecular weight excluding hydrogens is 212 g/mol. The van der Waals surface area contributed by atoms with Crippen molar-refractivity contribution in [2.24, 2.45) is 11.3 Å². The minimum atomic E-state index is 0.697. The first kappa shape index (κ1) is 11.3. The lowest BCUT2D eigenvalue weighted by Crippen LogP contribution is -2.31. The van der Waals surface area contributed by atoms with Gasteiger partial charge in [-0.1, -0.05) is 0 Å². The largest absolute Gasteiger partial charge is 0.468 e. The van der Waals surface area contributed by atoms with Crippen molar-refractivity contribution in [1.82, 2.24) is 10.2 Å². The summed E-state index contributed by atoms with van der Waals surface area (Å²) in [5, 5.41) is 3.46. The first-order chi connectivity index (χ1) is 8.28. The van der Waals surface area contributed by atoms with E-state index in [0.717, 1.165) is 18.2 Å². The molecule has 1 spiro atoms. The lowest BCUT2D eigenvalue weighted by Gasteiger charge is -2.25. The van der Waals surface area contributed by atoms with Crippen molar-refractivity contribution in [2.45, 2.75) is 25.8 Å². The predicted molar refractivity (Wildman–Crippen MR) is 67.7 cm³/mol. The zero-order valence-electron chi connectivity index (χ0n) is 10.6. The van der Waals surface area contributed by atoms with E-state index >= 15 is 0 Å². The summed E-state index contributed by atoms with van der Waals surface area (Å²) in [6, 6.07) is 4.03. The summed E-state index contributed by atoms with van der Waals surface area (Å²) in [7, 11) is 2.20. The second kappa shape index (κ2) is 4.46. The van der Waals surface area contributed by atoms with Crippen LogP contribution in [0.3, 0.4) is 0 Å². The Bertz CT molecular complexity index is 354. The maximum absolute atomic E-state index is 5.39. The van der Waals surface area contributed by atoms with Crippen LogP contribution in [-0.2, 0) is 6.54 Å². The molecule has 1 N–H and O–H groups in total. The lowest BCUT2D eigenvalue weighted by atomic mass is 9.92. The van der Waals surface area contributed by atoms with E-state index in [4.69, 9.17) is 4.42 Å². The van der Waals surface area contributed by atoms with Crippen molar-refractivity contribution in [2.75, 3.05) is 26.7 Å². The standard InChI is InChI=1S/C14H22N2O/c1-16(11-13-3-2-8-17-13)10-12-9-14(12)4-6-15-7-5-14/h2-3,8,12,15H,4-7,9-11H2,1H3. The summed E-state index contributed by atoms with van der Waals surface area (Å²) in [4.78, 5) is 2.40. The van der Waals surface area contributed by atoms with Gasteiger partial charge in [0.25, 0.3) is 0 Å². The van der Waals surface area contributed by atoms with E-state index < -0.39 is 0 Å². The molecule has 94 valence electrons. The molecule has 3 heteroatoms. The summed E-state index contributed by atoms with van der Waals surface area (Å²) >= 11 is 0. The van der Waals surface area contributed by atoms with Crippen LogP contribution < -0.4 is 5.32 Å². The maximum atomic E-state index is 5.39. The van der Waals surface area contributed by atoms with Gasteiger partial charge in [0.1, 0.15) is 5.76 Å². The summed E-state index contributed by atoms with van der Waals surface area (Å²) in [6.45, 7) is 4.61. The van der Waals surface area contributed by atoms with Crippen LogP contribution in [0.5, 0.6) is 0 Å². The van der Waals surface area contributed by atoms with Crippen LogP contribution in [-0.4, -0.2) is 31.6 Å². The number of hydrogen-bond acceptors (Lipinski definition) is 3. The lowest BCUT2D eigenvalue weighted by molar-refractivity contribution is 0.244. The molecule has 0 bridgehead atoms. The van der Waals surface area contributed by atoms with Crippen molar-refractivity contribution in [3.63, 3.8) is 0 Å². The normalized spacial score (nSPS) is 26.6. The minimum Gasteiger partial charge on any atom is -0.468 e. The summed E-state index contributed by atoms with van der Waals surface area (Å²) in [5.41, 5.74) is 0.697. The molecule has 1 saturated heterocycles. The zero-order chi connectivity index (χ0) is 11.7. The van der Waals surface area contributed by atoms with Crippen LogP contribution in [0.4, 0.5) is 0 Å². The molecule has 3 nitrogen and oxygen atoms in total. The molecule has 2 aliphatic rings. The molecule has 1 aliphatic heterocycles. The summed E-state index contributed by atoms with van der Waals surface area (Å²) < 4.78 is 5.39. The highest BCUT2D eigenvalue weighted by Gasteiger charge is 2.53. The fourth-order valence-corrected chi connectivity index (χ4v) is 3.34. The fraction of sp³-hybridized carbons (Fsp3) is 0.714. The summed E-state index contributed by atoms with van der Waals surface area (Å²) in [6.07, 6.45) is 5.96. The number of furan rings is 1. The van der Waals surface area contributed by atoms with Crippen molar-refractivity contribution in [3.05, 3.63) is 24.2 Å². The van der Waals surface area contributed by atoms with Gasteiger partial charge >= 0.3 is 0 Å². The van der Waals surface area contributed by atoms with E-state index in [1.165, 1.54) is 38.9 Å². The molecular formula is C14H22N2O. The van der Waals surface area contributed by atoms with Crippen molar-refractivity contribution < 1.29 is 4.42 Å². The second-order valence-electron chi connectivity index (χ2n) is 5.79. The highest BCUT2D eigenvalue weighted by Crippen LogP contribution is 2.58. The molecule has 0 amide bonds. The van der Waals surface area contributed by atoms with Crippen molar-refractivity contribution >= 4 is 0 Å². The van der Waals surface area contributed by atoms with Gasteiger partial charge in [-0.2, -0.15) is 0 Å². The van der Waals surface area contributed by atoms with E-state index in [-0.39, 0.29) is 0 Å². The van der Waals surface area contributed by atoms with Crippen LogP contribution in [0.2, 0.25) is 0 Å². The molecule has 3 rings (SSSR count). The smallest absolute Gasteiger partial charge is 0.117 e. The maximum Gasteiger partial charge on any atom is 0.117 e. The van der Waals surface area contributed by atoms with Crippen molar-refractivity contribution in [3.8, 4) is 0 Å². The second-order valence-corrected chi connectivity index (χ2v) is 5.79. The molecule has 2 fully saturated rings. The van der Waals surface area contributed by atoms with Gasteiger partial charge < -0.3 is 9.73 Å².